The lowest BCUT2D eigenvalue weighted by atomic mass is 9.98. The Balaban J connectivity index is 1.38. The van der Waals surface area contributed by atoms with E-state index in [1.165, 1.54) is 41.5 Å². The normalized spacial score (nSPS) is 15.5. The zero-order valence-corrected chi connectivity index (χ0v) is 27.7. The molecule has 6 amide bonds. The Hall–Kier alpha value is -5.31. The van der Waals surface area contributed by atoms with Crippen LogP contribution in [0.2, 0.25) is 0 Å². The number of aldehydes is 1. The van der Waals surface area contributed by atoms with Gasteiger partial charge in [-0.2, -0.15) is 0 Å². The summed E-state index contributed by atoms with van der Waals surface area (Å²) < 4.78 is 5.44. The van der Waals surface area contributed by atoms with E-state index in [4.69, 9.17) is 4.74 Å². The summed E-state index contributed by atoms with van der Waals surface area (Å²) in [6.45, 7) is 8.67. The summed E-state index contributed by atoms with van der Waals surface area (Å²) in [7, 11) is 0. The molecule has 7 N–H and O–H groups in total. The van der Waals surface area contributed by atoms with E-state index in [-0.39, 0.29) is 12.5 Å². The van der Waals surface area contributed by atoms with Gasteiger partial charge in [-0.25, -0.2) is 10.2 Å². The number of nitrogens with one attached hydrogen (secondary N) is 7. The van der Waals surface area contributed by atoms with Crippen LogP contribution in [0.15, 0.2) is 48.5 Å². The van der Waals surface area contributed by atoms with E-state index in [9.17, 15) is 33.6 Å². The fourth-order valence-corrected chi connectivity index (χ4v) is 4.87. The predicted molar refractivity (Wildman–Crippen MR) is 175 cm³/mol. The molecule has 15 nitrogen and oxygen atoms in total. The molecule has 0 aliphatic heterocycles. The number of hydrogen-bond donors (Lipinski definition) is 7. The van der Waals surface area contributed by atoms with Crippen molar-refractivity contribution in [1.29, 1.82) is 0 Å². The fraction of sp³-hybridized carbons (Fsp3) is 0.424. The van der Waals surface area contributed by atoms with Crippen LogP contribution in [-0.4, -0.2) is 84.8 Å². The highest BCUT2D eigenvalue weighted by molar-refractivity contribution is 5.95. The van der Waals surface area contributed by atoms with Crippen LogP contribution in [-0.2, 0) is 33.5 Å². The third-order valence-corrected chi connectivity index (χ3v) is 7.71. The van der Waals surface area contributed by atoms with Gasteiger partial charge in [0.25, 0.3) is 0 Å². The van der Waals surface area contributed by atoms with Crippen molar-refractivity contribution in [2.75, 3.05) is 6.61 Å². The molecule has 0 saturated heterocycles. The van der Waals surface area contributed by atoms with Gasteiger partial charge in [0.1, 0.15) is 43.1 Å². The summed E-state index contributed by atoms with van der Waals surface area (Å²) in [5.74, 6) is -3.32. The minimum Gasteiger partial charge on any atom is -0.448 e. The monoisotopic (exact) mass is 665 g/mol. The smallest absolute Gasteiger partial charge is 0.421 e. The fourth-order valence-electron chi connectivity index (χ4n) is 4.87. The highest BCUT2D eigenvalue weighted by Crippen LogP contribution is 2.44. The lowest BCUT2D eigenvalue weighted by Crippen LogP contribution is -2.57. The second-order valence-electron chi connectivity index (χ2n) is 11.7. The molecule has 2 aromatic rings. The van der Waals surface area contributed by atoms with E-state index >= 15 is 0 Å². The van der Waals surface area contributed by atoms with Crippen LogP contribution in [0.25, 0.3) is 11.1 Å². The van der Waals surface area contributed by atoms with E-state index < -0.39 is 71.9 Å². The molecule has 0 spiro atoms. The Bertz CT molecular complexity index is 1490. The van der Waals surface area contributed by atoms with Gasteiger partial charge in [-0.05, 0) is 63.8 Å². The highest BCUT2D eigenvalue weighted by atomic mass is 16.6. The highest BCUT2D eigenvalue weighted by Gasteiger charge is 2.30. The summed E-state index contributed by atoms with van der Waals surface area (Å²) in [6.07, 6.45) is -0.239. The summed E-state index contributed by atoms with van der Waals surface area (Å²) in [6, 6.07) is 10.0. The topological polar surface area (TPSA) is 213 Å². The van der Waals surface area contributed by atoms with Gasteiger partial charge in [0.15, 0.2) is 0 Å². The molecule has 0 heterocycles. The Morgan fingerprint density at radius 3 is 1.40 bits per heavy atom. The second kappa shape index (κ2) is 17.0. The van der Waals surface area contributed by atoms with Gasteiger partial charge < -0.3 is 36.1 Å². The lowest BCUT2D eigenvalue weighted by molar-refractivity contribution is -0.134. The van der Waals surface area contributed by atoms with Gasteiger partial charge in [0.2, 0.25) is 29.5 Å². The maximum atomic E-state index is 12.7. The molecule has 0 aromatic heterocycles. The molecule has 1 aliphatic carbocycles. The molecule has 0 saturated carbocycles. The first-order chi connectivity index (χ1) is 22.7. The maximum Gasteiger partial charge on any atom is 0.421 e. The number of rotatable bonds is 15. The number of benzene rings is 2. The quantitative estimate of drug-likeness (QED) is 0.102. The second-order valence-corrected chi connectivity index (χ2v) is 11.7. The molecule has 3 rings (SSSR count). The van der Waals surface area contributed by atoms with E-state index in [0.29, 0.717) is 6.29 Å². The van der Waals surface area contributed by atoms with Crippen LogP contribution in [0.1, 0.15) is 58.6 Å². The first kappa shape index (κ1) is 37.2. The van der Waals surface area contributed by atoms with Crippen LogP contribution in [0, 0.1) is 0 Å². The van der Waals surface area contributed by atoms with Crippen molar-refractivity contribution in [3.63, 3.8) is 0 Å². The molecule has 1 aliphatic rings. The van der Waals surface area contributed by atoms with Crippen molar-refractivity contribution in [2.45, 2.75) is 83.7 Å². The summed E-state index contributed by atoms with van der Waals surface area (Å²) >= 11 is 0. The maximum absolute atomic E-state index is 12.7. The Kier molecular flexibility index (Phi) is 13.2. The van der Waals surface area contributed by atoms with Crippen LogP contribution in [0.4, 0.5) is 4.79 Å². The van der Waals surface area contributed by atoms with Gasteiger partial charge in [-0.3, -0.25) is 29.4 Å². The minimum atomic E-state index is -1.08. The number of hydrazine groups is 1. The SMILES string of the molecule is CC(C=O)NC(=O)[C@H](C)NC(=O)C(C)NC(=O)[C@H](C)NC(=O)C(C)NC(=O)[C@H](C)NNC(=O)OCC1c2ccccc2-c2ccccc21. The molecule has 0 fully saturated rings. The number of amides is 6. The van der Waals surface area contributed by atoms with Crippen molar-refractivity contribution >= 4 is 41.9 Å². The molecule has 2 aromatic carbocycles. The van der Waals surface area contributed by atoms with Gasteiger partial charge in [-0.1, -0.05) is 48.5 Å². The third kappa shape index (κ3) is 9.84. The minimum absolute atomic E-state index is 0.0899. The number of fused-ring (bicyclic) bond motifs is 3. The third-order valence-electron chi connectivity index (χ3n) is 7.71. The zero-order chi connectivity index (χ0) is 35.5. The van der Waals surface area contributed by atoms with Crippen molar-refractivity contribution in [3.05, 3.63) is 59.7 Å². The van der Waals surface area contributed by atoms with Gasteiger partial charge >= 0.3 is 6.09 Å². The molecule has 15 heteroatoms. The molecule has 258 valence electrons. The summed E-state index contributed by atoms with van der Waals surface area (Å²) in [5, 5.41) is 12.2. The molecule has 48 heavy (non-hydrogen) atoms. The molecule has 3 unspecified atom stereocenters. The van der Waals surface area contributed by atoms with E-state index in [2.05, 4.69) is 37.4 Å². The Morgan fingerprint density at radius 1 is 0.604 bits per heavy atom. The number of carbonyl (C=O) groups excluding carboxylic acids is 7. The van der Waals surface area contributed by atoms with Crippen LogP contribution < -0.4 is 37.4 Å². The first-order valence-corrected chi connectivity index (χ1v) is 15.6. The average Bonchev–Trinajstić information content (AvgIpc) is 3.39. The van der Waals surface area contributed by atoms with Gasteiger partial charge in [0, 0.05) is 5.92 Å². The number of hydrogen-bond acceptors (Lipinski definition) is 9. The van der Waals surface area contributed by atoms with Gasteiger partial charge in [0.05, 0.1) is 6.04 Å². The number of ether oxygens (including phenoxy) is 1. The summed E-state index contributed by atoms with van der Waals surface area (Å²) in [4.78, 5) is 85.5. The largest absolute Gasteiger partial charge is 0.448 e. The molecular formula is C33H43N7O8. The van der Waals surface area contributed by atoms with E-state index in [0.717, 1.165) is 22.3 Å². The van der Waals surface area contributed by atoms with Crippen LogP contribution >= 0.6 is 0 Å². The molecular weight excluding hydrogens is 622 g/mol. The average molecular weight is 666 g/mol. The van der Waals surface area contributed by atoms with Crippen molar-refractivity contribution in [1.82, 2.24) is 37.4 Å². The lowest BCUT2D eigenvalue weighted by Gasteiger charge is -2.22. The predicted octanol–water partition coefficient (Wildman–Crippen LogP) is 0.141. The first-order valence-electron chi connectivity index (χ1n) is 15.6. The standard InChI is InChI=1S/C33H43N7O8/c1-17(15-41)34-28(42)18(2)35-29(43)19(3)36-30(44)20(4)37-31(45)21(5)38-32(46)22(6)39-40-33(47)48-16-27-25-13-9-7-11-23(25)24-12-8-10-14-26(24)27/h7-15,17-22,27,39H,16H2,1-6H3,(H,34,42)(H,35,43)(H,36,44)(H,37,45)(H,38,46)(H,40,47)/t17?,18-,19?,20-,21?,22-/m0/s1. The Morgan fingerprint density at radius 2 is 0.979 bits per heavy atom. The zero-order valence-electron chi connectivity index (χ0n) is 27.7. The molecule has 0 bridgehead atoms. The number of carbonyl (C=O) groups is 7. The van der Waals surface area contributed by atoms with Gasteiger partial charge in [-0.15, -0.1) is 0 Å². The van der Waals surface area contributed by atoms with Crippen molar-refractivity contribution < 1.29 is 38.3 Å². The molecule has 0 radical (unpaired) electrons. The van der Waals surface area contributed by atoms with E-state index in [1.54, 1.807) is 0 Å². The van der Waals surface area contributed by atoms with Crippen LogP contribution in [0.5, 0.6) is 0 Å². The Labute approximate surface area is 278 Å². The van der Waals surface area contributed by atoms with E-state index in [1.807, 2.05) is 48.5 Å². The van der Waals surface area contributed by atoms with Crippen LogP contribution in [0.3, 0.4) is 0 Å². The summed E-state index contributed by atoms with van der Waals surface area (Å²) in [5.41, 5.74) is 9.21. The van der Waals surface area contributed by atoms with Crippen molar-refractivity contribution in [3.8, 4) is 11.1 Å². The molecule has 6 atom stereocenters. The van der Waals surface area contributed by atoms with Crippen molar-refractivity contribution in [2.24, 2.45) is 0 Å².